The highest BCUT2D eigenvalue weighted by atomic mass is 16.6. The summed E-state index contributed by atoms with van der Waals surface area (Å²) < 4.78 is 17.1. The minimum Gasteiger partial charge on any atom is -0.461 e. The molecule has 28 heavy (non-hydrogen) atoms. The zero-order chi connectivity index (χ0) is 20.8. The smallest absolute Gasteiger partial charge is 0.311 e. The van der Waals surface area contributed by atoms with E-state index in [0.29, 0.717) is 38.9 Å². The molecule has 1 aromatic carbocycles. The fourth-order valence-electron chi connectivity index (χ4n) is 3.18. The molecule has 5 nitrogen and oxygen atoms in total. The molecule has 1 aliphatic heterocycles. The van der Waals surface area contributed by atoms with Crippen molar-refractivity contribution in [3.05, 3.63) is 35.4 Å². The Balaban J connectivity index is 2.08. The molecule has 1 unspecified atom stereocenters. The van der Waals surface area contributed by atoms with Crippen molar-refractivity contribution in [1.82, 2.24) is 0 Å². The van der Waals surface area contributed by atoms with Crippen LogP contribution in [0.5, 0.6) is 0 Å². The molecule has 0 radical (unpaired) electrons. The van der Waals surface area contributed by atoms with E-state index >= 15 is 0 Å². The molecule has 0 N–H and O–H groups in total. The summed E-state index contributed by atoms with van der Waals surface area (Å²) in [6, 6.07) is 8.11. The third-order valence-electron chi connectivity index (χ3n) is 5.75. The first kappa shape index (κ1) is 22.4. The first-order chi connectivity index (χ1) is 13.2. The maximum absolute atomic E-state index is 12.8. The van der Waals surface area contributed by atoms with E-state index in [1.165, 1.54) is 0 Å². The van der Waals surface area contributed by atoms with E-state index in [1.807, 2.05) is 58.9 Å². The van der Waals surface area contributed by atoms with Crippen LogP contribution in [0.4, 0.5) is 0 Å². The van der Waals surface area contributed by atoms with E-state index in [4.69, 9.17) is 14.2 Å². The first-order valence-electron chi connectivity index (χ1n) is 10.3. The van der Waals surface area contributed by atoms with Crippen LogP contribution < -0.4 is 0 Å². The number of aryl methyl sites for hydroxylation is 1. The molecular weight excluding hydrogens is 356 g/mol. The molecule has 156 valence electrons. The van der Waals surface area contributed by atoms with Gasteiger partial charge in [0.15, 0.2) is 0 Å². The third kappa shape index (κ3) is 5.57. The first-order valence-corrected chi connectivity index (χ1v) is 10.3. The van der Waals surface area contributed by atoms with Crippen molar-refractivity contribution < 1.29 is 23.8 Å². The predicted molar refractivity (Wildman–Crippen MR) is 108 cm³/mol. The lowest BCUT2D eigenvalue weighted by atomic mass is 9.85. The molecule has 1 saturated heterocycles. The quantitative estimate of drug-likeness (QED) is 0.603. The van der Waals surface area contributed by atoms with Crippen molar-refractivity contribution in [3.63, 3.8) is 0 Å². The van der Waals surface area contributed by atoms with Crippen LogP contribution in [0.1, 0.15) is 70.9 Å². The molecule has 0 saturated carbocycles. The van der Waals surface area contributed by atoms with Gasteiger partial charge in [0.25, 0.3) is 0 Å². The Morgan fingerprint density at radius 3 is 2.29 bits per heavy atom. The van der Waals surface area contributed by atoms with Crippen molar-refractivity contribution in [1.29, 1.82) is 0 Å². The Morgan fingerprint density at radius 1 is 1.14 bits per heavy atom. The lowest BCUT2D eigenvalue weighted by Crippen LogP contribution is -2.39. The molecule has 1 heterocycles. The maximum Gasteiger partial charge on any atom is 0.311 e. The van der Waals surface area contributed by atoms with Gasteiger partial charge >= 0.3 is 11.9 Å². The molecule has 0 amide bonds. The normalized spacial score (nSPS) is 17.6. The zero-order valence-corrected chi connectivity index (χ0v) is 17.9. The summed E-state index contributed by atoms with van der Waals surface area (Å²) >= 11 is 0. The highest BCUT2D eigenvalue weighted by Gasteiger charge is 2.39. The fourth-order valence-corrected chi connectivity index (χ4v) is 3.18. The summed E-state index contributed by atoms with van der Waals surface area (Å²) in [7, 11) is 0. The van der Waals surface area contributed by atoms with E-state index in [0.717, 1.165) is 11.1 Å². The van der Waals surface area contributed by atoms with Crippen LogP contribution in [0, 0.1) is 12.3 Å². The number of esters is 2. The zero-order valence-electron chi connectivity index (χ0n) is 17.9. The lowest BCUT2D eigenvalue weighted by molar-refractivity contribution is -0.177. The van der Waals surface area contributed by atoms with Gasteiger partial charge < -0.3 is 14.2 Å². The van der Waals surface area contributed by atoms with Gasteiger partial charge in [-0.15, -0.1) is 0 Å². The Morgan fingerprint density at radius 2 is 1.75 bits per heavy atom. The number of benzene rings is 1. The summed E-state index contributed by atoms with van der Waals surface area (Å²) in [5.41, 5.74) is 0.926. The largest absolute Gasteiger partial charge is 0.461 e. The Hall–Kier alpha value is -1.88. The van der Waals surface area contributed by atoms with Gasteiger partial charge in [-0.1, -0.05) is 43.7 Å². The van der Waals surface area contributed by atoms with Crippen molar-refractivity contribution in [2.24, 2.45) is 5.41 Å². The predicted octanol–water partition coefficient (Wildman–Crippen LogP) is 4.69. The van der Waals surface area contributed by atoms with E-state index < -0.39 is 17.1 Å². The molecule has 0 spiro atoms. The van der Waals surface area contributed by atoms with Crippen LogP contribution in [0.2, 0.25) is 0 Å². The molecule has 1 atom stereocenters. The number of rotatable bonds is 8. The lowest BCUT2D eigenvalue weighted by Gasteiger charge is -2.37. The van der Waals surface area contributed by atoms with E-state index in [1.54, 1.807) is 0 Å². The molecule has 0 aromatic heterocycles. The second kappa shape index (κ2) is 9.55. The number of ether oxygens (including phenoxy) is 3. The average Bonchev–Trinajstić information content (AvgIpc) is 2.68. The minimum atomic E-state index is -0.673. The molecule has 2 rings (SSSR count). The Labute approximate surface area is 168 Å². The van der Waals surface area contributed by atoms with Crippen LogP contribution >= 0.6 is 0 Å². The van der Waals surface area contributed by atoms with Gasteiger partial charge in [0.05, 0.1) is 25.0 Å². The minimum absolute atomic E-state index is 0.0660. The van der Waals surface area contributed by atoms with Gasteiger partial charge in [-0.2, -0.15) is 0 Å². The number of carbonyl (C=O) groups excluding carboxylic acids is 2. The maximum atomic E-state index is 12.8. The highest BCUT2D eigenvalue weighted by Crippen LogP contribution is 2.37. The summed E-state index contributed by atoms with van der Waals surface area (Å²) in [5.74, 6) is -0.606. The van der Waals surface area contributed by atoms with E-state index in [-0.39, 0.29) is 18.4 Å². The van der Waals surface area contributed by atoms with Crippen molar-refractivity contribution in [2.45, 2.75) is 78.4 Å². The van der Waals surface area contributed by atoms with Gasteiger partial charge in [0.2, 0.25) is 0 Å². The van der Waals surface area contributed by atoms with Gasteiger partial charge in [0.1, 0.15) is 11.7 Å². The second-order valence-corrected chi connectivity index (χ2v) is 8.32. The molecule has 1 aliphatic rings. The summed E-state index contributed by atoms with van der Waals surface area (Å²) in [4.78, 5) is 25.1. The van der Waals surface area contributed by atoms with Crippen molar-refractivity contribution >= 4 is 11.9 Å². The summed E-state index contributed by atoms with van der Waals surface area (Å²) in [6.07, 6.45) is 2.10. The van der Waals surface area contributed by atoms with Gasteiger partial charge in [-0.3, -0.25) is 9.59 Å². The number of hydrogen-bond donors (Lipinski definition) is 0. The second-order valence-electron chi connectivity index (χ2n) is 8.32. The van der Waals surface area contributed by atoms with Crippen molar-refractivity contribution in [2.75, 3.05) is 13.2 Å². The third-order valence-corrected chi connectivity index (χ3v) is 5.75. The SMILES string of the molecule is CCC(CC(=O)OC1(c2ccc(C)cc2)CCOCC1)OC(=O)C(C)(C)CC. The fraction of sp³-hybridized carbons (Fsp3) is 0.652. The summed E-state index contributed by atoms with van der Waals surface area (Å²) in [5, 5.41) is 0. The highest BCUT2D eigenvalue weighted by molar-refractivity contribution is 5.77. The molecular formula is C23H34O5. The number of carbonyl (C=O) groups is 2. The van der Waals surface area contributed by atoms with Crippen LogP contribution in [-0.2, 0) is 29.4 Å². The van der Waals surface area contributed by atoms with Crippen LogP contribution in [0.15, 0.2) is 24.3 Å². The molecule has 5 heteroatoms. The number of hydrogen-bond acceptors (Lipinski definition) is 5. The van der Waals surface area contributed by atoms with Crippen LogP contribution in [-0.4, -0.2) is 31.3 Å². The topological polar surface area (TPSA) is 61.8 Å². The molecule has 1 aromatic rings. The van der Waals surface area contributed by atoms with Crippen molar-refractivity contribution in [3.8, 4) is 0 Å². The molecule has 0 bridgehead atoms. The summed E-state index contributed by atoms with van der Waals surface area (Å²) in [6.45, 7) is 10.7. The van der Waals surface area contributed by atoms with Crippen LogP contribution in [0.3, 0.4) is 0 Å². The average molecular weight is 391 g/mol. The molecule has 1 fully saturated rings. The Kier molecular flexibility index (Phi) is 7.64. The van der Waals surface area contributed by atoms with Gasteiger partial charge in [0, 0.05) is 12.8 Å². The standard InChI is InChI=1S/C23H34O5/c1-6-19(27-21(25)22(4,5)7-2)16-20(24)28-23(12-14-26-15-13-23)18-10-8-17(3)9-11-18/h8-11,19H,6-7,12-16H2,1-5H3. The van der Waals surface area contributed by atoms with Gasteiger partial charge in [-0.25, -0.2) is 0 Å². The van der Waals surface area contributed by atoms with Gasteiger partial charge in [-0.05, 0) is 39.2 Å². The van der Waals surface area contributed by atoms with Crippen LogP contribution in [0.25, 0.3) is 0 Å². The van der Waals surface area contributed by atoms with E-state index in [9.17, 15) is 9.59 Å². The van der Waals surface area contributed by atoms with E-state index in [2.05, 4.69) is 0 Å². The molecule has 0 aliphatic carbocycles. The Bertz CT molecular complexity index is 656. The monoisotopic (exact) mass is 390 g/mol.